The lowest BCUT2D eigenvalue weighted by molar-refractivity contribution is -0.138. The van der Waals surface area contributed by atoms with Gasteiger partial charge in [0.1, 0.15) is 39.9 Å². The van der Waals surface area contributed by atoms with Crippen molar-refractivity contribution in [2.24, 2.45) is 7.05 Å². The molecule has 0 aliphatic heterocycles. The van der Waals surface area contributed by atoms with E-state index in [0.717, 1.165) is 6.07 Å². The summed E-state index contributed by atoms with van der Waals surface area (Å²) in [5.74, 6) is -0.0633. The van der Waals surface area contributed by atoms with Crippen molar-refractivity contribution in [2.75, 3.05) is 11.6 Å². The van der Waals surface area contributed by atoms with Crippen molar-refractivity contribution in [2.45, 2.75) is 11.3 Å². The number of alkyl halides is 3. The maximum absolute atomic E-state index is 13.9. The van der Waals surface area contributed by atoms with Gasteiger partial charge in [0.25, 0.3) is 0 Å². The lowest BCUT2D eigenvalue weighted by Crippen LogP contribution is -2.08. The van der Waals surface area contributed by atoms with E-state index in [1.165, 1.54) is 37.0 Å². The van der Waals surface area contributed by atoms with Crippen LogP contribution in [0, 0.1) is 0 Å². The van der Waals surface area contributed by atoms with Gasteiger partial charge < -0.3 is 10.1 Å². The average Bonchev–Trinajstić information content (AvgIpc) is 3.19. The zero-order valence-electron chi connectivity index (χ0n) is 18.1. The summed E-state index contributed by atoms with van der Waals surface area (Å²) >= 11 is 0. The second-order valence-corrected chi connectivity index (χ2v) is 8.64. The smallest absolute Gasteiger partial charge is 0.420 e. The lowest BCUT2D eigenvalue weighted by atomic mass is 10.1. The van der Waals surface area contributed by atoms with E-state index in [2.05, 4.69) is 35.6 Å². The number of hydrogen-bond donors (Lipinski definition) is 1. The van der Waals surface area contributed by atoms with Gasteiger partial charge in [-0.1, -0.05) is 5.21 Å². The number of rotatable bonds is 5. The van der Waals surface area contributed by atoms with Crippen LogP contribution < -0.4 is 10.1 Å². The second kappa shape index (κ2) is 8.54. The first-order valence-electron chi connectivity index (χ1n) is 9.96. The molecule has 10 nitrogen and oxygen atoms in total. The fourth-order valence-electron chi connectivity index (χ4n) is 3.33. The van der Waals surface area contributed by atoms with Gasteiger partial charge >= 0.3 is 6.18 Å². The quantitative estimate of drug-likeness (QED) is 0.357. The molecule has 0 amide bonds. The van der Waals surface area contributed by atoms with E-state index in [1.54, 1.807) is 23.9 Å². The largest absolute Gasteiger partial charge is 0.457 e. The number of ether oxygens (including phenoxy) is 1. The molecule has 0 radical (unpaired) electrons. The summed E-state index contributed by atoms with van der Waals surface area (Å²) in [7, 11) is 0.241. The predicted molar refractivity (Wildman–Crippen MR) is 121 cm³/mol. The summed E-state index contributed by atoms with van der Waals surface area (Å²) in [6.45, 7) is 0. The molecule has 3 aromatic heterocycles. The van der Waals surface area contributed by atoms with Crippen LogP contribution in [0.2, 0.25) is 0 Å². The van der Waals surface area contributed by atoms with E-state index in [9.17, 15) is 17.4 Å². The SMILES string of the molecule is Cn1nnc2cc(Oc3ccc(Nc4ncnc5cnc(S(C)=O)nc45)cc3C(F)(F)F)ccc21. The van der Waals surface area contributed by atoms with Gasteiger partial charge in [-0.25, -0.2) is 24.6 Å². The maximum atomic E-state index is 13.9. The molecule has 0 fully saturated rings. The Bertz CT molecular complexity index is 1610. The van der Waals surface area contributed by atoms with E-state index >= 15 is 0 Å². The molecular weight excluding hydrogens is 485 g/mol. The summed E-state index contributed by atoms with van der Waals surface area (Å²) in [6, 6.07) is 8.24. The van der Waals surface area contributed by atoms with E-state index in [1.807, 2.05) is 0 Å². The zero-order chi connectivity index (χ0) is 24.7. The van der Waals surface area contributed by atoms with Crippen molar-refractivity contribution >= 4 is 44.4 Å². The highest BCUT2D eigenvalue weighted by molar-refractivity contribution is 7.84. The molecule has 3 heterocycles. The van der Waals surface area contributed by atoms with Crippen molar-refractivity contribution in [3.8, 4) is 11.5 Å². The Morgan fingerprint density at radius 1 is 1.06 bits per heavy atom. The normalized spacial score (nSPS) is 12.7. The Morgan fingerprint density at radius 3 is 2.66 bits per heavy atom. The van der Waals surface area contributed by atoms with Gasteiger partial charge in [0.2, 0.25) is 5.16 Å². The molecule has 0 spiro atoms. The molecule has 0 aliphatic rings. The van der Waals surface area contributed by atoms with Gasteiger partial charge in [-0.3, -0.25) is 4.21 Å². The number of aromatic nitrogens is 7. The number of aryl methyl sites for hydroxylation is 1. The Kier molecular flexibility index (Phi) is 5.51. The van der Waals surface area contributed by atoms with Crippen LogP contribution in [0.1, 0.15) is 5.56 Å². The number of anilines is 2. The molecule has 1 atom stereocenters. The molecule has 14 heteroatoms. The highest BCUT2D eigenvalue weighted by Gasteiger charge is 2.35. The standard InChI is InChI=1S/C21H15F3N8O2S/c1-32-16-5-4-12(8-14(16)30-31-32)34-17-6-3-11(7-13(17)21(22,23)24)28-19-18-15(26-10-27-19)9-25-20(29-18)35(2)33/h3-10H,1-2H3,(H,26,27,28). The van der Waals surface area contributed by atoms with Gasteiger partial charge in [-0.05, 0) is 30.3 Å². The van der Waals surface area contributed by atoms with Gasteiger partial charge in [-0.2, -0.15) is 13.2 Å². The molecule has 1 N–H and O–H groups in total. The van der Waals surface area contributed by atoms with Crippen LogP contribution >= 0.6 is 0 Å². The fraction of sp³-hybridized carbons (Fsp3) is 0.143. The number of fused-ring (bicyclic) bond motifs is 2. The molecular formula is C21H15F3N8O2S. The van der Waals surface area contributed by atoms with Crippen LogP contribution in [0.25, 0.3) is 22.1 Å². The Morgan fingerprint density at radius 2 is 1.89 bits per heavy atom. The number of benzene rings is 2. The first-order valence-corrected chi connectivity index (χ1v) is 11.5. The van der Waals surface area contributed by atoms with Crippen molar-refractivity contribution in [3.63, 3.8) is 0 Å². The summed E-state index contributed by atoms with van der Waals surface area (Å²) < 4.78 is 60.6. The summed E-state index contributed by atoms with van der Waals surface area (Å²) in [4.78, 5) is 16.3. The van der Waals surface area contributed by atoms with Crippen LogP contribution in [0.4, 0.5) is 24.7 Å². The van der Waals surface area contributed by atoms with Crippen molar-refractivity contribution in [3.05, 3.63) is 54.5 Å². The molecule has 2 aromatic carbocycles. The van der Waals surface area contributed by atoms with E-state index < -0.39 is 22.5 Å². The molecule has 0 bridgehead atoms. The Balaban J connectivity index is 1.50. The highest BCUT2D eigenvalue weighted by Crippen LogP contribution is 2.40. The van der Waals surface area contributed by atoms with Gasteiger partial charge in [0, 0.05) is 25.1 Å². The zero-order valence-corrected chi connectivity index (χ0v) is 18.9. The minimum atomic E-state index is -4.70. The van der Waals surface area contributed by atoms with Gasteiger partial charge in [-0.15, -0.1) is 5.10 Å². The van der Waals surface area contributed by atoms with Gasteiger partial charge in [0.15, 0.2) is 5.82 Å². The third kappa shape index (κ3) is 4.47. The molecule has 0 aliphatic carbocycles. The molecule has 5 rings (SSSR count). The van der Waals surface area contributed by atoms with E-state index in [-0.39, 0.29) is 33.7 Å². The monoisotopic (exact) mass is 500 g/mol. The first kappa shape index (κ1) is 22.6. The van der Waals surface area contributed by atoms with E-state index in [4.69, 9.17) is 4.74 Å². The molecule has 0 saturated carbocycles. The Labute approximate surface area is 197 Å². The lowest BCUT2D eigenvalue weighted by Gasteiger charge is -2.16. The van der Waals surface area contributed by atoms with Crippen LogP contribution in [0.5, 0.6) is 11.5 Å². The minimum absolute atomic E-state index is 0.0511. The maximum Gasteiger partial charge on any atom is 0.420 e. The third-order valence-corrected chi connectivity index (χ3v) is 5.68. The van der Waals surface area contributed by atoms with Crippen LogP contribution in [-0.4, -0.2) is 45.4 Å². The highest BCUT2D eigenvalue weighted by atomic mass is 32.2. The topological polar surface area (TPSA) is 121 Å². The Hall–Kier alpha value is -4.20. The fourth-order valence-corrected chi connectivity index (χ4v) is 3.75. The molecule has 35 heavy (non-hydrogen) atoms. The van der Waals surface area contributed by atoms with Crippen LogP contribution in [0.3, 0.4) is 0 Å². The predicted octanol–water partition coefficient (Wildman–Crippen LogP) is 3.99. The summed E-state index contributed by atoms with van der Waals surface area (Å²) in [5, 5.41) is 10.7. The number of nitrogens with one attached hydrogen (secondary N) is 1. The number of hydrogen-bond acceptors (Lipinski definition) is 9. The van der Waals surface area contributed by atoms with Crippen LogP contribution in [-0.2, 0) is 24.0 Å². The second-order valence-electron chi connectivity index (χ2n) is 7.36. The average molecular weight is 500 g/mol. The summed E-state index contributed by atoms with van der Waals surface area (Å²) in [5.41, 5.74) is 0.855. The number of nitrogens with zero attached hydrogens (tertiary/aromatic N) is 7. The third-order valence-electron chi connectivity index (χ3n) is 4.97. The summed E-state index contributed by atoms with van der Waals surface area (Å²) in [6.07, 6.45) is -0.695. The molecule has 1 unspecified atom stereocenters. The molecule has 0 saturated heterocycles. The van der Waals surface area contributed by atoms with Gasteiger partial charge in [0.05, 0.1) is 22.5 Å². The van der Waals surface area contributed by atoms with Crippen molar-refractivity contribution in [1.29, 1.82) is 0 Å². The molecule has 5 aromatic rings. The molecule has 178 valence electrons. The minimum Gasteiger partial charge on any atom is -0.457 e. The number of halogens is 3. The first-order chi connectivity index (χ1) is 16.7. The van der Waals surface area contributed by atoms with E-state index in [0.29, 0.717) is 16.6 Å². The van der Waals surface area contributed by atoms with Crippen LogP contribution in [0.15, 0.2) is 54.1 Å². The van der Waals surface area contributed by atoms with Crippen molar-refractivity contribution < 1.29 is 22.1 Å². The van der Waals surface area contributed by atoms with Crippen molar-refractivity contribution in [1.82, 2.24) is 34.9 Å².